The lowest BCUT2D eigenvalue weighted by Crippen LogP contribution is -2.53. The third-order valence-electron chi connectivity index (χ3n) is 4.11. The maximum atomic E-state index is 12.6. The van der Waals surface area contributed by atoms with Gasteiger partial charge in [0.15, 0.2) is 0 Å². The average molecular weight is 268 g/mol. The highest BCUT2D eigenvalue weighted by atomic mass is 16.3. The van der Waals surface area contributed by atoms with E-state index in [-0.39, 0.29) is 12.0 Å². The van der Waals surface area contributed by atoms with E-state index in [9.17, 15) is 9.90 Å². The van der Waals surface area contributed by atoms with Crippen molar-refractivity contribution >= 4 is 16.8 Å². The number of likely N-dealkylation sites (tertiary alicyclic amines) is 1. The fourth-order valence-electron chi connectivity index (χ4n) is 2.75. The van der Waals surface area contributed by atoms with Crippen LogP contribution in [0.3, 0.4) is 0 Å². The highest BCUT2D eigenvalue weighted by Gasteiger charge is 2.32. The minimum atomic E-state index is -0.366. The molecule has 0 spiro atoms. The van der Waals surface area contributed by atoms with Crippen LogP contribution in [0.15, 0.2) is 30.3 Å². The Morgan fingerprint density at radius 2 is 2.00 bits per heavy atom. The standard InChI is InChI=1S/C16H16N2O2/c19-11-8-18(9-11)16(20)13-7-15(10-5-6-10)17-14-4-2-1-3-12(13)14/h1-4,7,10-11,19H,5-6,8-9H2. The summed E-state index contributed by atoms with van der Waals surface area (Å²) in [6, 6.07) is 9.74. The quantitative estimate of drug-likeness (QED) is 0.905. The van der Waals surface area contributed by atoms with E-state index in [1.165, 1.54) is 12.8 Å². The third-order valence-corrected chi connectivity index (χ3v) is 4.11. The number of carbonyl (C=O) groups is 1. The summed E-state index contributed by atoms with van der Waals surface area (Å²) in [5.41, 5.74) is 2.65. The normalized spacial score (nSPS) is 19.1. The van der Waals surface area contributed by atoms with Crippen molar-refractivity contribution in [1.29, 1.82) is 0 Å². The predicted octanol–water partition coefficient (Wildman–Crippen LogP) is 1.93. The largest absolute Gasteiger partial charge is 0.389 e. The first kappa shape index (κ1) is 11.9. The van der Waals surface area contributed by atoms with Gasteiger partial charge in [-0.05, 0) is 25.0 Å². The Morgan fingerprint density at radius 3 is 2.70 bits per heavy atom. The number of aliphatic hydroxyl groups excluding tert-OH is 1. The molecule has 0 radical (unpaired) electrons. The fourth-order valence-corrected chi connectivity index (χ4v) is 2.75. The zero-order valence-electron chi connectivity index (χ0n) is 11.1. The summed E-state index contributed by atoms with van der Waals surface area (Å²) < 4.78 is 0. The van der Waals surface area contributed by atoms with Crippen LogP contribution in [0.4, 0.5) is 0 Å². The van der Waals surface area contributed by atoms with Gasteiger partial charge in [-0.1, -0.05) is 18.2 Å². The predicted molar refractivity (Wildman–Crippen MR) is 75.6 cm³/mol. The Morgan fingerprint density at radius 1 is 1.25 bits per heavy atom. The van der Waals surface area contributed by atoms with Gasteiger partial charge in [0.1, 0.15) is 0 Å². The van der Waals surface area contributed by atoms with Gasteiger partial charge >= 0.3 is 0 Å². The van der Waals surface area contributed by atoms with Crippen molar-refractivity contribution in [3.8, 4) is 0 Å². The van der Waals surface area contributed by atoms with Crippen LogP contribution in [0.5, 0.6) is 0 Å². The van der Waals surface area contributed by atoms with Gasteiger partial charge in [-0.25, -0.2) is 0 Å². The van der Waals surface area contributed by atoms with Gasteiger partial charge in [0.25, 0.3) is 5.91 Å². The SMILES string of the molecule is O=C(c1cc(C2CC2)nc2ccccc12)N1CC(O)C1. The van der Waals surface area contributed by atoms with E-state index in [2.05, 4.69) is 4.98 Å². The van der Waals surface area contributed by atoms with Gasteiger partial charge < -0.3 is 10.0 Å². The summed E-state index contributed by atoms with van der Waals surface area (Å²) in [6.45, 7) is 0.877. The smallest absolute Gasteiger partial charge is 0.254 e. The topological polar surface area (TPSA) is 53.4 Å². The Bertz CT molecular complexity index is 688. The van der Waals surface area contributed by atoms with E-state index in [0.717, 1.165) is 22.2 Å². The molecule has 1 N–H and O–H groups in total. The maximum Gasteiger partial charge on any atom is 0.254 e. The van der Waals surface area contributed by atoms with Crippen molar-refractivity contribution in [3.05, 3.63) is 41.6 Å². The second-order valence-electron chi connectivity index (χ2n) is 5.75. The molecule has 4 heteroatoms. The summed E-state index contributed by atoms with van der Waals surface area (Å²) in [5, 5.41) is 10.3. The van der Waals surface area contributed by atoms with Crippen LogP contribution in [-0.4, -0.2) is 40.1 Å². The molecule has 0 atom stereocenters. The molecule has 4 nitrogen and oxygen atoms in total. The molecular weight excluding hydrogens is 252 g/mol. The van der Waals surface area contributed by atoms with E-state index in [1.807, 2.05) is 30.3 Å². The average Bonchev–Trinajstić information content (AvgIpc) is 3.26. The summed E-state index contributed by atoms with van der Waals surface area (Å²) in [7, 11) is 0. The number of hydrogen-bond acceptors (Lipinski definition) is 3. The van der Waals surface area contributed by atoms with E-state index in [1.54, 1.807) is 4.90 Å². The van der Waals surface area contributed by atoms with Crippen LogP contribution >= 0.6 is 0 Å². The Balaban J connectivity index is 1.81. The highest BCUT2D eigenvalue weighted by Crippen LogP contribution is 2.40. The van der Waals surface area contributed by atoms with Crippen molar-refractivity contribution < 1.29 is 9.90 Å². The molecule has 0 unspecified atom stereocenters. The molecule has 2 heterocycles. The van der Waals surface area contributed by atoms with E-state index in [0.29, 0.717) is 19.0 Å². The van der Waals surface area contributed by atoms with Crippen LogP contribution in [0.25, 0.3) is 10.9 Å². The number of hydrogen-bond donors (Lipinski definition) is 1. The molecule has 1 amide bonds. The molecule has 1 saturated heterocycles. The van der Waals surface area contributed by atoms with Gasteiger partial charge in [0.05, 0.1) is 17.2 Å². The van der Waals surface area contributed by atoms with Crippen LogP contribution in [0.2, 0.25) is 0 Å². The first-order chi connectivity index (χ1) is 9.72. The maximum absolute atomic E-state index is 12.6. The third kappa shape index (κ3) is 1.88. The van der Waals surface area contributed by atoms with Crippen molar-refractivity contribution in [2.45, 2.75) is 24.9 Å². The van der Waals surface area contributed by atoms with Gasteiger partial charge in [-0.3, -0.25) is 9.78 Å². The molecule has 1 aromatic carbocycles. The lowest BCUT2D eigenvalue weighted by molar-refractivity contribution is 0.00602. The second-order valence-corrected chi connectivity index (χ2v) is 5.75. The minimum absolute atomic E-state index is 0.0100. The van der Waals surface area contributed by atoms with Crippen molar-refractivity contribution in [1.82, 2.24) is 9.88 Å². The van der Waals surface area contributed by atoms with Crippen LogP contribution < -0.4 is 0 Å². The molecule has 4 rings (SSSR count). The Kier molecular flexibility index (Phi) is 2.54. The van der Waals surface area contributed by atoms with E-state index in [4.69, 9.17) is 0 Å². The molecule has 102 valence electrons. The van der Waals surface area contributed by atoms with Gasteiger partial charge in [0.2, 0.25) is 0 Å². The number of benzene rings is 1. The number of aromatic nitrogens is 1. The minimum Gasteiger partial charge on any atom is -0.389 e. The number of nitrogens with zero attached hydrogens (tertiary/aromatic N) is 2. The lowest BCUT2D eigenvalue weighted by Gasteiger charge is -2.36. The number of carbonyl (C=O) groups excluding carboxylic acids is 1. The Labute approximate surface area is 117 Å². The van der Waals surface area contributed by atoms with Gasteiger partial charge in [-0.15, -0.1) is 0 Å². The highest BCUT2D eigenvalue weighted by molar-refractivity contribution is 6.06. The van der Waals surface area contributed by atoms with Crippen molar-refractivity contribution in [2.24, 2.45) is 0 Å². The Hall–Kier alpha value is -1.94. The van der Waals surface area contributed by atoms with Crippen LogP contribution in [0, 0.1) is 0 Å². The van der Waals surface area contributed by atoms with E-state index < -0.39 is 0 Å². The molecule has 1 aliphatic heterocycles. The summed E-state index contributed by atoms with van der Waals surface area (Å²) in [6.07, 6.45) is 1.97. The van der Waals surface area contributed by atoms with Crippen LogP contribution in [0.1, 0.15) is 34.8 Å². The molecule has 0 bridgehead atoms. The number of rotatable bonds is 2. The van der Waals surface area contributed by atoms with Crippen LogP contribution in [-0.2, 0) is 0 Å². The zero-order valence-corrected chi connectivity index (χ0v) is 11.1. The molecule has 2 fully saturated rings. The summed E-state index contributed by atoms with van der Waals surface area (Å²) >= 11 is 0. The number of fused-ring (bicyclic) bond motifs is 1. The molecule has 2 aromatic rings. The van der Waals surface area contributed by atoms with Crippen molar-refractivity contribution in [2.75, 3.05) is 13.1 Å². The number of amides is 1. The molecule has 2 aliphatic rings. The van der Waals surface area contributed by atoms with Crippen molar-refractivity contribution in [3.63, 3.8) is 0 Å². The second kappa shape index (κ2) is 4.28. The lowest BCUT2D eigenvalue weighted by atomic mass is 10.0. The molecule has 20 heavy (non-hydrogen) atoms. The zero-order chi connectivity index (χ0) is 13.7. The number of pyridine rings is 1. The fraction of sp³-hybridized carbons (Fsp3) is 0.375. The summed E-state index contributed by atoms with van der Waals surface area (Å²) in [4.78, 5) is 18.9. The molecule has 1 aliphatic carbocycles. The number of aliphatic hydroxyl groups is 1. The van der Waals surface area contributed by atoms with Gasteiger partial charge in [0, 0.05) is 30.1 Å². The number of β-amino-alcohol motifs (C(OH)–C–C–N with tert-alkyl or cyclic N) is 1. The van der Waals surface area contributed by atoms with Gasteiger partial charge in [-0.2, -0.15) is 0 Å². The number of para-hydroxylation sites is 1. The van der Waals surface area contributed by atoms with E-state index >= 15 is 0 Å². The monoisotopic (exact) mass is 268 g/mol. The molecular formula is C16H16N2O2. The first-order valence-corrected chi connectivity index (χ1v) is 7.09. The molecule has 1 aromatic heterocycles. The summed E-state index contributed by atoms with van der Waals surface area (Å²) in [5.74, 6) is 0.531. The first-order valence-electron chi connectivity index (χ1n) is 7.09. The molecule has 1 saturated carbocycles.